The summed E-state index contributed by atoms with van der Waals surface area (Å²) in [4.78, 5) is 23.9. The van der Waals surface area contributed by atoms with Crippen LogP contribution < -0.4 is 15.4 Å². The fourth-order valence-corrected chi connectivity index (χ4v) is 2.84. The zero-order chi connectivity index (χ0) is 18.0. The zero-order valence-corrected chi connectivity index (χ0v) is 14.1. The molecule has 6 heteroatoms. The number of carbonyl (C=O) groups excluding carboxylic acids is 2. The molecule has 0 unspecified atom stereocenters. The van der Waals surface area contributed by atoms with E-state index in [1.54, 1.807) is 31.2 Å². The molecular weight excluding hydrogens is 323 g/mol. The summed E-state index contributed by atoms with van der Waals surface area (Å²) < 4.78 is 18.7. The van der Waals surface area contributed by atoms with Gasteiger partial charge in [-0.05, 0) is 54.8 Å². The van der Waals surface area contributed by atoms with Gasteiger partial charge in [0, 0.05) is 17.7 Å². The van der Waals surface area contributed by atoms with Crippen molar-refractivity contribution in [2.45, 2.75) is 25.8 Å². The van der Waals surface area contributed by atoms with Gasteiger partial charge >= 0.3 is 0 Å². The average molecular weight is 342 g/mol. The monoisotopic (exact) mass is 342 g/mol. The molecule has 3 rings (SSSR count). The van der Waals surface area contributed by atoms with E-state index in [0.29, 0.717) is 24.0 Å². The molecule has 0 fully saturated rings. The Kier molecular flexibility index (Phi) is 4.70. The lowest BCUT2D eigenvalue weighted by Crippen LogP contribution is -2.27. The molecule has 0 saturated heterocycles. The second kappa shape index (κ2) is 6.93. The highest BCUT2D eigenvalue weighted by atomic mass is 19.1. The number of fused-ring (bicyclic) bond motifs is 1. The molecular formula is C19H19FN2O3. The van der Waals surface area contributed by atoms with Gasteiger partial charge in [-0.1, -0.05) is 6.07 Å². The highest BCUT2D eigenvalue weighted by molar-refractivity contribution is 5.98. The number of carbonyl (C=O) groups is 2. The van der Waals surface area contributed by atoms with Gasteiger partial charge in [-0.3, -0.25) is 9.59 Å². The summed E-state index contributed by atoms with van der Waals surface area (Å²) in [7, 11) is 1.40. The number of anilines is 1. The summed E-state index contributed by atoms with van der Waals surface area (Å²) in [5.41, 5.74) is 2.85. The number of hydrogen-bond donors (Lipinski definition) is 2. The third-order valence-electron chi connectivity index (χ3n) is 4.29. The maximum absolute atomic E-state index is 13.8. The molecule has 25 heavy (non-hydrogen) atoms. The van der Waals surface area contributed by atoms with Crippen LogP contribution in [0.3, 0.4) is 0 Å². The SMILES string of the molecule is COc1ccc([C@@H](C)NC(=O)c2ccc3c(c2)CCC(=O)N3)cc1F. The molecule has 0 bridgehead atoms. The third kappa shape index (κ3) is 3.63. The Morgan fingerprint density at radius 3 is 2.76 bits per heavy atom. The van der Waals surface area contributed by atoms with Gasteiger partial charge in [0.2, 0.25) is 5.91 Å². The van der Waals surface area contributed by atoms with Gasteiger partial charge in [-0.25, -0.2) is 4.39 Å². The zero-order valence-electron chi connectivity index (χ0n) is 14.1. The van der Waals surface area contributed by atoms with Crippen LogP contribution in [0.4, 0.5) is 10.1 Å². The topological polar surface area (TPSA) is 67.4 Å². The molecule has 130 valence electrons. The number of rotatable bonds is 4. The van der Waals surface area contributed by atoms with E-state index in [1.807, 2.05) is 0 Å². The minimum absolute atomic E-state index is 0.0140. The maximum atomic E-state index is 13.8. The first-order valence-electron chi connectivity index (χ1n) is 8.05. The Morgan fingerprint density at radius 2 is 2.04 bits per heavy atom. The smallest absolute Gasteiger partial charge is 0.251 e. The van der Waals surface area contributed by atoms with Crippen molar-refractivity contribution in [2.75, 3.05) is 12.4 Å². The molecule has 0 spiro atoms. The number of aryl methyl sites for hydroxylation is 1. The van der Waals surface area contributed by atoms with Crippen LogP contribution in [0.5, 0.6) is 5.75 Å². The van der Waals surface area contributed by atoms with Gasteiger partial charge in [0.1, 0.15) is 0 Å². The summed E-state index contributed by atoms with van der Waals surface area (Å²) >= 11 is 0. The molecule has 2 aromatic rings. The van der Waals surface area contributed by atoms with Crippen LogP contribution in [0.25, 0.3) is 0 Å². The van der Waals surface area contributed by atoms with Crippen molar-refractivity contribution in [2.24, 2.45) is 0 Å². The molecule has 1 heterocycles. The fourth-order valence-electron chi connectivity index (χ4n) is 2.84. The van der Waals surface area contributed by atoms with Gasteiger partial charge in [0.05, 0.1) is 13.2 Å². The summed E-state index contributed by atoms with van der Waals surface area (Å²) in [6.45, 7) is 1.79. The molecule has 0 aromatic heterocycles. The van der Waals surface area contributed by atoms with Gasteiger partial charge in [0.15, 0.2) is 11.6 Å². The van der Waals surface area contributed by atoms with Gasteiger partial charge < -0.3 is 15.4 Å². The van der Waals surface area contributed by atoms with Crippen LogP contribution in [-0.2, 0) is 11.2 Å². The Bertz CT molecular complexity index is 835. The van der Waals surface area contributed by atoms with Crippen molar-refractivity contribution >= 4 is 17.5 Å². The normalized spacial score (nSPS) is 14.3. The summed E-state index contributed by atoms with van der Waals surface area (Å²) in [5.74, 6) is -0.562. The first kappa shape index (κ1) is 17.0. The highest BCUT2D eigenvalue weighted by Gasteiger charge is 2.18. The van der Waals surface area contributed by atoms with E-state index in [1.165, 1.54) is 19.2 Å². The van der Waals surface area contributed by atoms with Crippen LogP contribution in [-0.4, -0.2) is 18.9 Å². The predicted octanol–water partition coefficient (Wildman–Crippen LogP) is 3.21. The molecule has 1 aliphatic heterocycles. The standard InChI is InChI=1S/C19H19FN2O3/c1-11(12-4-7-17(25-2)15(20)10-12)21-19(24)14-3-6-16-13(9-14)5-8-18(23)22-16/h3-4,6-7,9-11H,5,8H2,1-2H3,(H,21,24)(H,22,23)/t11-/m1/s1. The van der Waals surface area contributed by atoms with Crippen molar-refractivity contribution < 1.29 is 18.7 Å². The highest BCUT2D eigenvalue weighted by Crippen LogP contribution is 2.25. The van der Waals surface area contributed by atoms with Crippen molar-refractivity contribution in [1.29, 1.82) is 0 Å². The fraction of sp³-hybridized carbons (Fsp3) is 0.263. The number of halogens is 1. The second-order valence-corrected chi connectivity index (χ2v) is 6.01. The molecule has 5 nitrogen and oxygen atoms in total. The second-order valence-electron chi connectivity index (χ2n) is 6.01. The molecule has 0 saturated carbocycles. The molecule has 2 amide bonds. The van der Waals surface area contributed by atoms with Gasteiger partial charge in [-0.15, -0.1) is 0 Å². The van der Waals surface area contributed by atoms with Crippen molar-refractivity contribution in [3.63, 3.8) is 0 Å². The average Bonchev–Trinajstić information content (AvgIpc) is 2.61. The lowest BCUT2D eigenvalue weighted by Gasteiger charge is -2.19. The third-order valence-corrected chi connectivity index (χ3v) is 4.29. The van der Waals surface area contributed by atoms with Crippen LogP contribution >= 0.6 is 0 Å². The van der Waals surface area contributed by atoms with E-state index in [-0.39, 0.29) is 23.6 Å². The summed E-state index contributed by atoms with van der Waals surface area (Å²) in [5, 5.41) is 5.64. The van der Waals surface area contributed by atoms with E-state index in [9.17, 15) is 14.0 Å². The predicted molar refractivity (Wildman–Crippen MR) is 92.2 cm³/mol. The van der Waals surface area contributed by atoms with E-state index < -0.39 is 5.82 Å². The first-order valence-corrected chi connectivity index (χ1v) is 8.05. The van der Waals surface area contributed by atoms with Crippen molar-refractivity contribution in [3.05, 3.63) is 58.9 Å². The van der Waals surface area contributed by atoms with E-state index in [0.717, 1.165) is 11.3 Å². The van der Waals surface area contributed by atoms with Crippen LogP contribution in [0.15, 0.2) is 36.4 Å². The first-order chi connectivity index (χ1) is 12.0. The maximum Gasteiger partial charge on any atom is 0.251 e. The van der Waals surface area contributed by atoms with E-state index >= 15 is 0 Å². The Morgan fingerprint density at radius 1 is 1.24 bits per heavy atom. The van der Waals surface area contributed by atoms with Crippen LogP contribution in [0.1, 0.15) is 40.9 Å². The number of benzene rings is 2. The Labute approximate surface area is 145 Å². The van der Waals surface area contributed by atoms with Crippen LogP contribution in [0, 0.1) is 5.82 Å². The number of methoxy groups -OCH3 is 1. The summed E-state index contributed by atoms with van der Waals surface area (Å²) in [6, 6.07) is 9.44. The Balaban J connectivity index is 1.73. The minimum Gasteiger partial charge on any atom is -0.494 e. The quantitative estimate of drug-likeness (QED) is 0.896. The van der Waals surface area contributed by atoms with Gasteiger partial charge in [0.25, 0.3) is 5.91 Å². The van der Waals surface area contributed by atoms with Crippen LogP contribution in [0.2, 0.25) is 0 Å². The number of amides is 2. The molecule has 0 aliphatic carbocycles. The number of hydrogen-bond acceptors (Lipinski definition) is 3. The van der Waals surface area contributed by atoms with E-state index in [4.69, 9.17) is 4.74 Å². The van der Waals surface area contributed by atoms with E-state index in [2.05, 4.69) is 10.6 Å². The lowest BCUT2D eigenvalue weighted by molar-refractivity contribution is -0.116. The van der Waals surface area contributed by atoms with Crippen molar-refractivity contribution in [1.82, 2.24) is 5.32 Å². The molecule has 1 atom stereocenters. The lowest BCUT2D eigenvalue weighted by atomic mass is 10.00. The number of ether oxygens (including phenoxy) is 1. The number of nitrogens with one attached hydrogen (secondary N) is 2. The van der Waals surface area contributed by atoms with Gasteiger partial charge in [-0.2, -0.15) is 0 Å². The molecule has 2 N–H and O–H groups in total. The minimum atomic E-state index is -0.467. The summed E-state index contributed by atoms with van der Waals surface area (Å²) in [6.07, 6.45) is 1.03. The molecule has 0 radical (unpaired) electrons. The Hall–Kier alpha value is -2.89. The molecule has 2 aromatic carbocycles. The molecule has 1 aliphatic rings. The largest absolute Gasteiger partial charge is 0.494 e. The van der Waals surface area contributed by atoms with Crippen molar-refractivity contribution in [3.8, 4) is 5.75 Å².